The fraction of sp³-hybridized carbons (Fsp3) is 0.154. The maximum Gasteiger partial charge on any atom is 0.271 e. The molecular weight excluding hydrogens is 282 g/mol. The summed E-state index contributed by atoms with van der Waals surface area (Å²) in [6.45, 7) is -0.0105. The predicted molar refractivity (Wildman–Crippen MR) is 73.6 cm³/mol. The van der Waals surface area contributed by atoms with Crippen LogP contribution in [0.15, 0.2) is 41.2 Å². The van der Waals surface area contributed by atoms with Gasteiger partial charge in [0.1, 0.15) is 5.69 Å². The number of benzene rings is 1. The van der Waals surface area contributed by atoms with E-state index >= 15 is 0 Å². The maximum atomic E-state index is 11.7. The summed E-state index contributed by atoms with van der Waals surface area (Å²) >= 11 is 5.94. The van der Waals surface area contributed by atoms with Gasteiger partial charge in [0.05, 0.1) is 6.10 Å². The summed E-state index contributed by atoms with van der Waals surface area (Å²) in [6, 6.07) is 9.34. The Bertz CT molecular complexity index is 651. The highest BCUT2D eigenvalue weighted by atomic mass is 35.5. The van der Waals surface area contributed by atoms with E-state index in [-0.39, 0.29) is 12.2 Å². The second-order valence-corrected chi connectivity index (χ2v) is 4.46. The molecule has 0 aliphatic carbocycles. The molecule has 0 bridgehead atoms. The zero-order chi connectivity index (χ0) is 14.5. The zero-order valence-electron chi connectivity index (χ0n) is 10.3. The van der Waals surface area contributed by atoms with Gasteiger partial charge in [-0.1, -0.05) is 29.8 Å². The molecule has 1 aromatic carbocycles. The summed E-state index contributed by atoms with van der Waals surface area (Å²) in [5.74, 6) is -0.493. The molecule has 0 radical (unpaired) electrons. The molecular formula is C13H12ClN3O3. The molecule has 3 N–H and O–H groups in total. The quantitative estimate of drug-likeness (QED) is 0.780. The Labute approximate surface area is 119 Å². The first kappa shape index (κ1) is 14.2. The number of aliphatic hydroxyl groups is 1. The van der Waals surface area contributed by atoms with Gasteiger partial charge in [0.2, 0.25) is 0 Å². The Hall–Kier alpha value is -2.18. The summed E-state index contributed by atoms with van der Waals surface area (Å²) < 4.78 is 0. The average Bonchev–Trinajstić information content (AvgIpc) is 2.45. The number of carbonyl (C=O) groups excluding carboxylic acids is 1. The molecule has 2 aromatic rings. The number of rotatable bonds is 4. The van der Waals surface area contributed by atoms with E-state index in [0.29, 0.717) is 10.6 Å². The topological polar surface area (TPSA) is 95.1 Å². The third-order valence-corrected chi connectivity index (χ3v) is 2.98. The molecule has 20 heavy (non-hydrogen) atoms. The Balaban J connectivity index is 1.98. The predicted octanol–water partition coefficient (Wildman–Crippen LogP) is 0.887. The number of aromatic amines is 1. The van der Waals surface area contributed by atoms with Crippen LogP contribution in [0.5, 0.6) is 0 Å². The standard InChI is InChI=1S/C13H12ClN3O3/c14-9-4-2-1-3-8(9)11(18)7-15-13(20)10-5-6-12(19)17-16-10/h1-6,11,18H,7H2,(H,15,20)(H,17,19). The molecule has 0 aliphatic heterocycles. The van der Waals surface area contributed by atoms with E-state index in [4.69, 9.17) is 11.6 Å². The van der Waals surface area contributed by atoms with Crippen LogP contribution in [-0.4, -0.2) is 27.8 Å². The van der Waals surface area contributed by atoms with Crippen molar-refractivity contribution in [1.82, 2.24) is 15.5 Å². The minimum absolute atomic E-state index is 0.0105. The van der Waals surface area contributed by atoms with Gasteiger partial charge in [-0.15, -0.1) is 0 Å². The maximum absolute atomic E-state index is 11.7. The van der Waals surface area contributed by atoms with Gasteiger partial charge in [0.15, 0.2) is 0 Å². The molecule has 104 valence electrons. The Morgan fingerprint density at radius 2 is 2.10 bits per heavy atom. The third kappa shape index (κ3) is 3.43. The summed E-state index contributed by atoms with van der Waals surface area (Å²) in [5, 5.41) is 18.7. The number of nitrogens with one attached hydrogen (secondary N) is 2. The molecule has 1 amide bonds. The van der Waals surface area contributed by atoms with Gasteiger partial charge in [0, 0.05) is 23.2 Å². The van der Waals surface area contributed by atoms with Crippen molar-refractivity contribution < 1.29 is 9.90 Å². The van der Waals surface area contributed by atoms with Crippen LogP contribution in [0, 0.1) is 0 Å². The molecule has 2 rings (SSSR count). The van der Waals surface area contributed by atoms with Crippen molar-refractivity contribution in [2.24, 2.45) is 0 Å². The van der Waals surface area contributed by atoms with Crippen LogP contribution >= 0.6 is 11.6 Å². The molecule has 0 aliphatic rings. The average molecular weight is 294 g/mol. The molecule has 7 heteroatoms. The number of H-pyrrole nitrogens is 1. The fourth-order valence-electron chi connectivity index (χ4n) is 1.61. The largest absolute Gasteiger partial charge is 0.387 e. The number of aliphatic hydroxyl groups excluding tert-OH is 1. The van der Waals surface area contributed by atoms with E-state index in [0.717, 1.165) is 0 Å². The number of aromatic nitrogens is 2. The SMILES string of the molecule is O=C(NCC(O)c1ccccc1Cl)c1ccc(=O)[nH]n1. The number of hydrogen-bond acceptors (Lipinski definition) is 4. The van der Waals surface area contributed by atoms with Crippen molar-refractivity contribution >= 4 is 17.5 Å². The van der Waals surface area contributed by atoms with Crippen molar-refractivity contribution in [3.8, 4) is 0 Å². The van der Waals surface area contributed by atoms with Crippen LogP contribution in [0.4, 0.5) is 0 Å². The van der Waals surface area contributed by atoms with Crippen molar-refractivity contribution in [1.29, 1.82) is 0 Å². The van der Waals surface area contributed by atoms with Crippen molar-refractivity contribution in [2.45, 2.75) is 6.10 Å². The lowest BCUT2D eigenvalue weighted by Gasteiger charge is -2.13. The molecule has 0 spiro atoms. The smallest absolute Gasteiger partial charge is 0.271 e. The number of amides is 1. The Morgan fingerprint density at radius 3 is 2.75 bits per heavy atom. The monoisotopic (exact) mass is 293 g/mol. The van der Waals surface area contributed by atoms with Crippen molar-refractivity contribution in [2.75, 3.05) is 6.54 Å². The van der Waals surface area contributed by atoms with Gasteiger partial charge in [-0.3, -0.25) is 9.59 Å². The fourth-order valence-corrected chi connectivity index (χ4v) is 1.87. The molecule has 1 atom stereocenters. The minimum atomic E-state index is -0.921. The van der Waals surface area contributed by atoms with Crippen LogP contribution in [0.2, 0.25) is 5.02 Å². The van der Waals surface area contributed by atoms with Crippen LogP contribution in [0.1, 0.15) is 22.2 Å². The van der Waals surface area contributed by atoms with Gasteiger partial charge < -0.3 is 10.4 Å². The van der Waals surface area contributed by atoms with Gasteiger partial charge in [-0.2, -0.15) is 5.10 Å². The number of nitrogens with zero attached hydrogens (tertiary/aromatic N) is 1. The van der Waals surface area contributed by atoms with Crippen LogP contribution < -0.4 is 10.9 Å². The summed E-state index contributed by atoms with van der Waals surface area (Å²) in [7, 11) is 0. The van der Waals surface area contributed by atoms with Gasteiger partial charge in [-0.05, 0) is 12.1 Å². The van der Waals surface area contributed by atoms with E-state index in [1.165, 1.54) is 12.1 Å². The van der Waals surface area contributed by atoms with Crippen LogP contribution in [-0.2, 0) is 0 Å². The highest BCUT2D eigenvalue weighted by molar-refractivity contribution is 6.31. The first-order chi connectivity index (χ1) is 9.58. The van der Waals surface area contributed by atoms with E-state index in [9.17, 15) is 14.7 Å². The molecule has 1 aromatic heterocycles. The lowest BCUT2D eigenvalue weighted by molar-refractivity contribution is 0.0910. The summed E-state index contributed by atoms with van der Waals surface area (Å²) in [6.07, 6.45) is -0.921. The first-order valence-corrected chi connectivity index (χ1v) is 6.22. The molecule has 0 saturated carbocycles. The Kier molecular flexibility index (Phi) is 4.49. The van der Waals surface area contributed by atoms with Gasteiger partial charge in [0.25, 0.3) is 11.5 Å². The number of hydrogen-bond donors (Lipinski definition) is 3. The normalized spacial score (nSPS) is 11.9. The van der Waals surface area contributed by atoms with Crippen molar-refractivity contribution in [3.05, 3.63) is 63.0 Å². The minimum Gasteiger partial charge on any atom is -0.387 e. The number of carbonyl (C=O) groups is 1. The van der Waals surface area contributed by atoms with Gasteiger partial charge in [-0.25, -0.2) is 5.10 Å². The molecule has 6 nitrogen and oxygen atoms in total. The van der Waals surface area contributed by atoms with Crippen molar-refractivity contribution in [3.63, 3.8) is 0 Å². The molecule has 0 fully saturated rings. The van der Waals surface area contributed by atoms with Crippen LogP contribution in [0.25, 0.3) is 0 Å². The van der Waals surface area contributed by atoms with Gasteiger partial charge >= 0.3 is 0 Å². The van der Waals surface area contributed by atoms with E-state index in [2.05, 4.69) is 15.5 Å². The second-order valence-electron chi connectivity index (χ2n) is 4.05. The van der Waals surface area contributed by atoms with E-state index < -0.39 is 17.6 Å². The molecule has 1 unspecified atom stereocenters. The van der Waals surface area contributed by atoms with Crippen LogP contribution in [0.3, 0.4) is 0 Å². The Morgan fingerprint density at radius 1 is 1.35 bits per heavy atom. The second kappa shape index (κ2) is 6.31. The first-order valence-electron chi connectivity index (χ1n) is 5.84. The lowest BCUT2D eigenvalue weighted by Crippen LogP contribution is -2.30. The molecule has 0 saturated heterocycles. The lowest BCUT2D eigenvalue weighted by atomic mass is 10.1. The van der Waals surface area contributed by atoms with E-state index in [1.807, 2.05) is 0 Å². The zero-order valence-corrected chi connectivity index (χ0v) is 11.1. The highest BCUT2D eigenvalue weighted by Gasteiger charge is 2.13. The summed E-state index contributed by atoms with van der Waals surface area (Å²) in [5.41, 5.74) is 0.206. The number of halogens is 1. The third-order valence-electron chi connectivity index (χ3n) is 2.63. The molecule has 1 heterocycles. The summed E-state index contributed by atoms with van der Waals surface area (Å²) in [4.78, 5) is 22.6. The van der Waals surface area contributed by atoms with E-state index in [1.54, 1.807) is 24.3 Å². The highest BCUT2D eigenvalue weighted by Crippen LogP contribution is 2.21.